The van der Waals surface area contributed by atoms with Crippen molar-refractivity contribution in [1.82, 2.24) is 0 Å². The van der Waals surface area contributed by atoms with E-state index in [1.54, 1.807) is 12.1 Å². The second-order valence-electron chi connectivity index (χ2n) is 6.55. The second kappa shape index (κ2) is 9.11. The predicted octanol–water partition coefficient (Wildman–Crippen LogP) is 5.15. The minimum absolute atomic E-state index is 0.140. The molecule has 1 unspecified atom stereocenters. The Morgan fingerprint density at radius 1 is 1.04 bits per heavy atom. The zero-order chi connectivity index (χ0) is 18.2. The van der Waals surface area contributed by atoms with Gasteiger partial charge >= 0.3 is 0 Å². The number of anilines is 1. The van der Waals surface area contributed by atoms with E-state index >= 15 is 0 Å². The molecule has 0 aliphatic heterocycles. The highest BCUT2D eigenvalue weighted by Crippen LogP contribution is 2.21. The molecule has 0 saturated heterocycles. The molecule has 25 heavy (non-hydrogen) atoms. The van der Waals surface area contributed by atoms with Gasteiger partial charge in [0.1, 0.15) is 11.5 Å². The molecular weight excluding hydrogens is 314 g/mol. The average molecular weight is 341 g/mol. The Morgan fingerprint density at radius 2 is 1.76 bits per heavy atom. The van der Waals surface area contributed by atoms with Gasteiger partial charge in [-0.05, 0) is 49.6 Å². The van der Waals surface area contributed by atoms with E-state index in [1.807, 2.05) is 43.3 Å². The monoisotopic (exact) mass is 341 g/mol. The molecule has 0 fully saturated rings. The number of ether oxygens (including phenoxy) is 2. The number of rotatable bonds is 8. The van der Waals surface area contributed by atoms with Crippen LogP contribution in [0, 0.1) is 5.92 Å². The van der Waals surface area contributed by atoms with Crippen molar-refractivity contribution in [2.75, 3.05) is 11.9 Å². The van der Waals surface area contributed by atoms with Crippen LogP contribution < -0.4 is 14.8 Å². The van der Waals surface area contributed by atoms with E-state index < -0.39 is 0 Å². The first-order valence-electron chi connectivity index (χ1n) is 8.79. The Bertz CT molecular complexity index is 697. The molecule has 0 radical (unpaired) electrons. The second-order valence-corrected chi connectivity index (χ2v) is 6.55. The molecule has 1 N–H and O–H groups in total. The van der Waals surface area contributed by atoms with Crippen molar-refractivity contribution in [2.45, 2.75) is 40.2 Å². The Balaban J connectivity index is 2.04. The Hall–Kier alpha value is -2.49. The van der Waals surface area contributed by atoms with Crippen LogP contribution in [-0.4, -0.2) is 18.6 Å². The van der Waals surface area contributed by atoms with Crippen molar-refractivity contribution < 1.29 is 14.3 Å². The Morgan fingerprint density at radius 3 is 2.48 bits per heavy atom. The fraction of sp³-hybridized carbons (Fsp3) is 0.381. The summed E-state index contributed by atoms with van der Waals surface area (Å²) < 4.78 is 11.5. The lowest BCUT2D eigenvalue weighted by atomic mass is 10.2. The molecule has 0 bridgehead atoms. The summed E-state index contributed by atoms with van der Waals surface area (Å²) in [5.41, 5.74) is 1.27. The van der Waals surface area contributed by atoms with Crippen molar-refractivity contribution in [3.05, 3.63) is 54.1 Å². The van der Waals surface area contributed by atoms with Gasteiger partial charge in [-0.2, -0.15) is 0 Å². The lowest BCUT2D eigenvalue weighted by Crippen LogP contribution is -2.13. The summed E-state index contributed by atoms with van der Waals surface area (Å²) in [6.07, 6.45) is 1.07. The lowest BCUT2D eigenvalue weighted by molar-refractivity contribution is 0.102. The number of carbonyl (C=O) groups excluding carboxylic acids is 1. The highest BCUT2D eigenvalue weighted by atomic mass is 16.5. The number of hydrogen-bond donors (Lipinski definition) is 1. The third-order valence-electron chi connectivity index (χ3n) is 3.68. The van der Waals surface area contributed by atoms with Gasteiger partial charge in [-0.1, -0.05) is 32.9 Å². The fourth-order valence-corrected chi connectivity index (χ4v) is 2.16. The van der Waals surface area contributed by atoms with Crippen molar-refractivity contribution in [2.24, 2.45) is 5.92 Å². The maximum Gasteiger partial charge on any atom is 0.255 e. The van der Waals surface area contributed by atoms with E-state index in [9.17, 15) is 4.79 Å². The first kappa shape index (κ1) is 18.8. The highest BCUT2D eigenvalue weighted by Gasteiger charge is 2.09. The molecule has 0 aliphatic rings. The molecule has 0 heterocycles. The van der Waals surface area contributed by atoms with Gasteiger partial charge in [-0.15, -0.1) is 0 Å². The van der Waals surface area contributed by atoms with E-state index in [0.29, 0.717) is 29.5 Å². The molecule has 2 aromatic rings. The van der Waals surface area contributed by atoms with Crippen LogP contribution >= 0.6 is 0 Å². The summed E-state index contributed by atoms with van der Waals surface area (Å²) in [4.78, 5) is 12.5. The van der Waals surface area contributed by atoms with Crippen LogP contribution in [0.5, 0.6) is 11.5 Å². The largest absolute Gasteiger partial charge is 0.493 e. The van der Waals surface area contributed by atoms with Gasteiger partial charge in [0, 0.05) is 17.3 Å². The van der Waals surface area contributed by atoms with Crippen LogP contribution in [0.15, 0.2) is 48.5 Å². The molecule has 1 atom stereocenters. The van der Waals surface area contributed by atoms with E-state index in [4.69, 9.17) is 9.47 Å². The molecule has 1 amide bonds. The highest BCUT2D eigenvalue weighted by molar-refractivity contribution is 6.04. The van der Waals surface area contributed by atoms with Gasteiger partial charge in [-0.3, -0.25) is 4.79 Å². The standard InChI is InChI=1S/C21H27NO3/c1-5-16(4)25-20-11-7-9-18(13-20)22-21(23)17-8-6-10-19(12-17)24-14-15(2)3/h6-13,15-16H,5,14H2,1-4H3,(H,22,23). The number of hydrogen-bond acceptors (Lipinski definition) is 3. The van der Waals surface area contributed by atoms with Crippen molar-refractivity contribution in [1.29, 1.82) is 0 Å². The van der Waals surface area contributed by atoms with Crippen molar-refractivity contribution in [3.63, 3.8) is 0 Å². The summed E-state index contributed by atoms with van der Waals surface area (Å²) in [5, 5.41) is 2.91. The molecule has 2 aromatic carbocycles. The minimum atomic E-state index is -0.171. The smallest absolute Gasteiger partial charge is 0.255 e. The summed E-state index contributed by atoms with van der Waals surface area (Å²) in [6, 6.07) is 14.7. The van der Waals surface area contributed by atoms with E-state index in [2.05, 4.69) is 26.1 Å². The quantitative estimate of drug-likeness (QED) is 0.722. The third kappa shape index (κ3) is 6.14. The Labute approximate surface area is 150 Å². The minimum Gasteiger partial charge on any atom is -0.493 e. The van der Waals surface area contributed by atoms with Gasteiger partial charge in [0.25, 0.3) is 5.91 Å². The summed E-state index contributed by atoms with van der Waals surface area (Å²) >= 11 is 0. The number of amides is 1. The van der Waals surface area contributed by atoms with Gasteiger partial charge in [0.2, 0.25) is 0 Å². The Kier molecular flexibility index (Phi) is 6.87. The molecular formula is C21H27NO3. The van der Waals surface area contributed by atoms with E-state index in [0.717, 1.165) is 12.2 Å². The third-order valence-corrected chi connectivity index (χ3v) is 3.68. The summed E-state index contributed by atoms with van der Waals surface area (Å²) in [6.45, 7) is 8.90. The molecule has 2 rings (SSSR count). The van der Waals surface area contributed by atoms with Crippen LogP contribution in [0.3, 0.4) is 0 Å². The van der Waals surface area contributed by atoms with Crippen LogP contribution in [0.2, 0.25) is 0 Å². The number of carbonyl (C=O) groups is 1. The number of nitrogens with one attached hydrogen (secondary N) is 1. The molecule has 0 aliphatic carbocycles. The molecule has 4 nitrogen and oxygen atoms in total. The lowest BCUT2D eigenvalue weighted by Gasteiger charge is -2.14. The first-order chi connectivity index (χ1) is 12.0. The van der Waals surface area contributed by atoms with Crippen molar-refractivity contribution in [3.8, 4) is 11.5 Å². The maximum atomic E-state index is 12.5. The van der Waals surface area contributed by atoms with Gasteiger partial charge < -0.3 is 14.8 Å². The van der Waals surface area contributed by atoms with Crippen LogP contribution in [0.1, 0.15) is 44.5 Å². The zero-order valence-corrected chi connectivity index (χ0v) is 15.4. The topological polar surface area (TPSA) is 47.6 Å². The van der Waals surface area contributed by atoms with E-state index in [1.165, 1.54) is 0 Å². The SMILES string of the molecule is CCC(C)Oc1cccc(NC(=O)c2cccc(OCC(C)C)c2)c1. The van der Waals surface area contributed by atoms with Crippen molar-refractivity contribution >= 4 is 11.6 Å². The van der Waals surface area contributed by atoms with E-state index in [-0.39, 0.29) is 12.0 Å². The zero-order valence-electron chi connectivity index (χ0n) is 15.4. The van der Waals surface area contributed by atoms with Gasteiger partial charge in [0.05, 0.1) is 12.7 Å². The van der Waals surface area contributed by atoms with Crippen LogP contribution in [0.4, 0.5) is 5.69 Å². The molecule has 0 saturated carbocycles. The molecule has 134 valence electrons. The predicted molar refractivity (Wildman–Crippen MR) is 102 cm³/mol. The fourth-order valence-electron chi connectivity index (χ4n) is 2.16. The summed E-state index contributed by atoms with van der Waals surface area (Å²) in [7, 11) is 0. The summed E-state index contributed by atoms with van der Waals surface area (Å²) in [5.74, 6) is 1.72. The average Bonchev–Trinajstić information content (AvgIpc) is 2.60. The van der Waals surface area contributed by atoms with Gasteiger partial charge in [-0.25, -0.2) is 0 Å². The van der Waals surface area contributed by atoms with Crippen LogP contribution in [0.25, 0.3) is 0 Å². The first-order valence-corrected chi connectivity index (χ1v) is 8.79. The van der Waals surface area contributed by atoms with Gasteiger partial charge in [0.15, 0.2) is 0 Å². The molecule has 4 heteroatoms. The number of benzene rings is 2. The maximum absolute atomic E-state index is 12.5. The van der Waals surface area contributed by atoms with Crippen LogP contribution in [-0.2, 0) is 0 Å². The molecule has 0 spiro atoms. The normalized spacial score (nSPS) is 11.9. The molecule has 0 aromatic heterocycles.